The van der Waals surface area contributed by atoms with E-state index in [2.05, 4.69) is 46.5 Å². The molecule has 0 saturated carbocycles. The van der Waals surface area contributed by atoms with Crippen LogP contribution < -0.4 is 5.32 Å². The molecule has 4 rings (SSSR count). The Morgan fingerprint density at radius 2 is 2.23 bits per heavy atom. The monoisotopic (exact) mass is 313 g/mol. The van der Waals surface area contributed by atoms with Gasteiger partial charge in [-0.25, -0.2) is 4.98 Å². The zero-order valence-electron chi connectivity index (χ0n) is 12.6. The van der Waals surface area contributed by atoms with Gasteiger partial charge in [-0.3, -0.25) is 4.79 Å². The van der Waals surface area contributed by atoms with Crippen LogP contribution in [0.3, 0.4) is 0 Å². The number of nitrogens with one attached hydrogen (secondary N) is 1. The van der Waals surface area contributed by atoms with Crippen LogP contribution in [0.4, 0.5) is 5.13 Å². The first-order valence-electron chi connectivity index (χ1n) is 7.78. The Bertz CT molecular complexity index is 724. The van der Waals surface area contributed by atoms with Crippen LogP contribution in [0, 0.1) is 5.92 Å². The molecule has 1 aliphatic heterocycles. The third kappa shape index (κ3) is 2.44. The molecule has 2 heterocycles. The first kappa shape index (κ1) is 13.9. The number of fused-ring (bicyclic) bond motifs is 3. The van der Waals surface area contributed by atoms with Gasteiger partial charge in [-0.1, -0.05) is 35.6 Å². The first-order valence-corrected chi connectivity index (χ1v) is 8.60. The molecule has 1 aliphatic carbocycles. The summed E-state index contributed by atoms with van der Waals surface area (Å²) in [7, 11) is 2.06. The van der Waals surface area contributed by atoms with Crippen molar-refractivity contribution in [3.05, 3.63) is 35.5 Å². The molecule has 0 bridgehead atoms. The van der Waals surface area contributed by atoms with E-state index in [0.29, 0.717) is 0 Å². The number of amides is 1. The average molecular weight is 313 g/mol. The lowest BCUT2D eigenvalue weighted by atomic mass is 9.94. The largest absolute Gasteiger partial charge is 0.306 e. The highest BCUT2D eigenvalue weighted by Crippen LogP contribution is 2.39. The summed E-state index contributed by atoms with van der Waals surface area (Å²) in [4.78, 5) is 20.4. The second kappa shape index (κ2) is 5.48. The molecule has 0 spiro atoms. The van der Waals surface area contributed by atoms with Crippen LogP contribution in [0.5, 0.6) is 0 Å². The second-order valence-electron chi connectivity index (χ2n) is 6.19. The molecule has 2 aromatic rings. The fraction of sp³-hybridized carbons (Fsp3) is 0.412. The summed E-state index contributed by atoms with van der Waals surface area (Å²) in [5, 5.41) is 3.79. The molecule has 5 heteroatoms. The predicted octanol–water partition coefficient (Wildman–Crippen LogP) is 2.80. The number of aryl methyl sites for hydroxylation is 2. The van der Waals surface area contributed by atoms with E-state index in [0.717, 1.165) is 43.2 Å². The number of anilines is 1. The van der Waals surface area contributed by atoms with Crippen molar-refractivity contribution in [2.75, 3.05) is 25.5 Å². The molecule has 1 amide bonds. The second-order valence-corrected chi connectivity index (χ2v) is 7.19. The van der Waals surface area contributed by atoms with Gasteiger partial charge in [-0.05, 0) is 44.0 Å². The quantitative estimate of drug-likeness (QED) is 0.927. The summed E-state index contributed by atoms with van der Waals surface area (Å²) in [6.07, 6.45) is 2.94. The smallest absolute Gasteiger partial charge is 0.230 e. The Morgan fingerprint density at radius 1 is 1.36 bits per heavy atom. The van der Waals surface area contributed by atoms with Gasteiger partial charge < -0.3 is 10.2 Å². The highest BCUT2D eigenvalue weighted by molar-refractivity contribution is 7.19. The minimum atomic E-state index is 0.0956. The van der Waals surface area contributed by atoms with E-state index in [1.54, 1.807) is 11.3 Å². The molecular weight excluding hydrogens is 294 g/mol. The number of hydrogen-bond acceptors (Lipinski definition) is 4. The molecular formula is C17H19N3OS. The van der Waals surface area contributed by atoms with Gasteiger partial charge in [0.05, 0.1) is 16.5 Å². The summed E-state index contributed by atoms with van der Waals surface area (Å²) in [5.41, 5.74) is 3.79. The number of hydrogen-bond donors (Lipinski definition) is 1. The third-order valence-corrected chi connectivity index (χ3v) is 5.63. The van der Waals surface area contributed by atoms with E-state index in [4.69, 9.17) is 0 Å². The fourth-order valence-corrected chi connectivity index (χ4v) is 4.43. The molecule has 4 nitrogen and oxygen atoms in total. The number of likely N-dealkylation sites (tertiary alicyclic amines) is 1. The van der Waals surface area contributed by atoms with Crippen LogP contribution in [0.1, 0.15) is 17.7 Å². The van der Waals surface area contributed by atoms with Crippen LogP contribution in [0.25, 0.3) is 10.4 Å². The number of thiazole rings is 1. The van der Waals surface area contributed by atoms with Crippen molar-refractivity contribution in [3.63, 3.8) is 0 Å². The number of rotatable bonds is 2. The Labute approximate surface area is 134 Å². The maximum atomic E-state index is 12.3. The van der Waals surface area contributed by atoms with Crippen LogP contribution in [-0.4, -0.2) is 35.9 Å². The predicted molar refractivity (Wildman–Crippen MR) is 89.2 cm³/mol. The lowest BCUT2D eigenvalue weighted by Crippen LogP contribution is -2.25. The number of nitrogens with zero attached hydrogens (tertiary/aromatic N) is 2. The zero-order valence-corrected chi connectivity index (χ0v) is 13.4. The summed E-state index contributed by atoms with van der Waals surface area (Å²) in [5.74, 6) is 0.210. The van der Waals surface area contributed by atoms with Gasteiger partial charge in [0.1, 0.15) is 0 Å². The van der Waals surface area contributed by atoms with E-state index in [-0.39, 0.29) is 11.8 Å². The van der Waals surface area contributed by atoms with Crippen LogP contribution in [0.2, 0.25) is 0 Å². The summed E-state index contributed by atoms with van der Waals surface area (Å²) < 4.78 is 0. The molecule has 1 fully saturated rings. The van der Waals surface area contributed by atoms with Crippen LogP contribution in [0.15, 0.2) is 24.3 Å². The minimum absolute atomic E-state index is 0.0956. The number of carbonyl (C=O) groups is 1. The molecule has 1 aromatic heterocycles. The van der Waals surface area contributed by atoms with Gasteiger partial charge in [0.15, 0.2) is 5.13 Å². The van der Waals surface area contributed by atoms with Crippen molar-refractivity contribution in [1.82, 2.24) is 9.88 Å². The van der Waals surface area contributed by atoms with E-state index in [9.17, 15) is 4.79 Å². The van der Waals surface area contributed by atoms with Gasteiger partial charge in [-0.15, -0.1) is 0 Å². The van der Waals surface area contributed by atoms with Gasteiger partial charge in [0.25, 0.3) is 0 Å². The van der Waals surface area contributed by atoms with Crippen LogP contribution >= 0.6 is 11.3 Å². The molecule has 1 saturated heterocycles. The summed E-state index contributed by atoms with van der Waals surface area (Å²) in [6.45, 7) is 1.85. The van der Waals surface area contributed by atoms with E-state index >= 15 is 0 Å². The maximum Gasteiger partial charge on any atom is 0.230 e. The van der Waals surface area contributed by atoms with E-state index < -0.39 is 0 Å². The zero-order chi connectivity index (χ0) is 15.1. The summed E-state index contributed by atoms with van der Waals surface area (Å²) >= 11 is 1.61. The molecule has 1 N–H and O–H groups in total. The Kier molecular flexibility index (Phi) is 3.47. The SMILES string of the molecule is CN1CCC(C(=O)Nc2nc3c(s2)-c2ccccc2CC3)C1. The Morgan fingerprint density at radius 3 is 3.05 bits per heavy atom. The third-order valence-electron chi connectivity index (χ3n) is 4.58. The highest BCUT2D eigenvalue weighted by Gasteiger charge is 2.27. The average Bonchev–Trinajstić information content (AvgIpc) is 3.13. The summed E-state index contributed by atoms with van der Waals surface area (Å²) in [6, 6.07) is 8.50. The minimum Gasteiger partial charge on any atom is -0.306 e. The first-order chi connectivity index (χ1) is 10.7. The van der Waals surface area contributed by atoms with Crippen molar-refractivity contribution < 1.29 is 4.79 Å². The van der Waals surface area contributed by atoms with Gasteiger partial charge >= 0.3 is 0 Å². The van der Waals surface area contributed by atoms with Crippen molar-refractivity contribution in [3.8, 4) is 10.4 Å². The molecule has 2 aliphatic rings. The van der Waals surface area contributed by atoms with Crippen molar-refractivity contribution in [2.24, 2.45) is 5.92 Å². The topological polar surface area (TPSA) is 45.2 Å². The fourth-order valence-electron chi connectivity index (χ4n) is 3.35. The van der Waals surface area contributed by atoms with Gasteiger partial charge in [0, 0.05) is 6.54 Å². The van der Waals surface area contributed by atoms with Crippen LogP contribution in [-0.2, 0) is 17.6 Å². The maximum absolute atomic E-state index is 12.3. The number of benzene rings is 1. The lowest BCUT2D eigenvalue weighted by Gasteiger charge is -2.13. The molecule has 1 atom stereocenters. The highest BCUT2D eigenvalue weighted by atomic mass is 32.1. The van der Waals surface area contributed by atoms with E-state index in [1.165, 1.54) is 16.0 Å². The van der Waals surface area contributed by atoms with Crippen molar-refractivity contribution in [2.45, 2.75) is 19.3 Å². The molecule has 1 aromatic carbocycles. The molecule has 114 valence electrons. The van der Waals surface area contributed by atoms with Gasteiger partial charge in [0.2, 0.25) is 5.91 Å². The Hall–Kier alpha value is -1.72. The number of aromatic nitrogens is 1. The lowest BCUT2D eigenvalue weighted by molar-refractivity contribution is -0.119. The van der Waals surface area contributed by atoms with Gasteiger partial charge in [-0.2, -0.15) is 0 Å². The molecule has 22 heavy (non-hydrogen) atoms. The van der Waals surface area contributed by atoms with Crippen molar-refractivity contribution >= 4 is 22.4 Å². The van der Waals surface area contributed by atoms with Crippen molar-refractivity contribution in [1.29, 1.82) is 0 Å². The number of carbonyl (C=O) groups excluding carboxylic acids is 1. The standard InChI is InChI=1S/C17H19N3OS/c1-20-9-8-12(10-20)16(21)19-17-18-14-7-6-11-4-2-3-5-13(11)15(14)22-17/h2-5,12H,6-10H2,1H3,(H,18,19,21). The molecule has 0 radical (unpaired) electrons. The Balaban J connectivity index is 1.56. The molecule has 1 unspecified atom stereocenters. The van der Waals surface area contributed by atoms with E-state index in [1.807, 2.05) is 0 Å². The normalized spacial score (nSPS) is 20.5.